The van der Waals surface area contributed by atoms with Gasteiger partial charge in [-0.15, -0.1) is 0 Å². The Balaban J connectivity index is 1.52. The zero-order valence-electron chi connectivity index (χ0n) is 18.3. The lowest BCUT2D eigenvalue weighted by Crippen LogP contribution is -2.43. The second-order valence-corrected chi connectivity index (χ2v) is 7.58. The number of rotatable bonds is 7. The molecule has 0 aliphatic carbocycles. The number of hydrogen-bond donors (Lipinski definition) is 0. The van der Waals surface area contributed by atoms with Crippen molar-refractivity contribution in [3.05, 3.63) is 59.2 Å². The van der Waals surface area contributed by atoms with Gasteiger partial charge >= 0.3 is 12.1 Å². The predicted octanol–water partition coefficient (Wildman–Crippen LogP) is 4.10. The van der Waals surface area contributed by atoms with E-state index in [0.29, 0.717) is 31.0 Å². The van der Waals surface area contributed by atoms with Crippen molar-refractivity contribution >= 4 is 12.1 Å². The van der Waals surface area contributed by atoms with Gasteiger partial charge in [0.2, 0.25) is 0 Å². The number of carbonyl (C=O) groups excluding carboxylic acids is 2. The molecule has 0 aromatic heterocycles. The summed E-state index contributed by atoms with van der Waals surface area (Å²) in [6, 6.07) is 13.2. The maximum Gasteiger partial charge on any atom is 0.410 e. The van der Waals surface area contributed by atoms with Crippen molar-refractivity contribution in [2.45, 2.75) is 33.0 Å². The van der Waals surface area contributed by atoms with Crippen molar-refractivity contribution in [1.82, 2.24) is 4.90 Å². The zero-order chi connectivity index (χ0) is 22.2. The van der Waals surface area contributed by atoms with Gasteiger partial charge < -0.3 is 23.8 Å². The van der Waals surface area contributed by atoms with Crippen LogP contribution in [0.5, 0.6) is 11.5 Å². The lowest BCUT2D eigenvalue weighted by atomic mass is 9.98. The molecule has 2 aromatic rings. The summed E-state index contributed by atoms with van der Waals surface area (Å²) < 4.78 is 21.6. The highest BCUT2D eigenvalue weighted by Crippen LogP contribution is 2.32. The molecule has 1 aliphatic rings. The molecule has 2 aromatic carbocycles. The van der Waals surface area contributed by atoms with Gasteiger partial charge in [0.15, 0.2) is 11.5 Å². The normalized spacial score (nSPS) is 15.8. The summed E-state index contributed by atoms with van der Waals surface area (Å²) in [4.78, 5) is 26.6. The molecule has 0 radical (unpaired) electrons. The highest BCUT2D eigenvalue weighted by Gasteiger charge is 2.30. The van der Waals surface area contributed by atoms with Crippen molar-refractivity contribution in [3.63, 3.8) is 0 Å². The Labute approximate surface area is 182 Å². The number of nitrogens with zero attached hydrogens (tertiary/aromatic N) is 1. The predicted molar refractivity (Wildman–Crippen MR) is 115 cm³/mol. The standard InChI is InChI=1S/C24H29NO6/c1-17-12-19(13-21(28-2)22(17)29-3)16-30-23(26)20-10-7-11-25(14-20)24(27)31-15-18-8-5-4-6-9-18/h4-6,8-9,12-13,20H,7,10-11,14-16H2,1-3H3. The minimum atomic E-state index is -0.406. The summed E-state index contributed by atoms with van der Waals surface area (Å²) >= 11 is 0. The van der Waals surface area contributed by atoms with Crippen LogP contribution in [0, 0.1) is 12.8 Å². The third-order valence-electron chi connectivity index (χ3n) is 5.32. The van der Waals surface area contributed by atoms with Crippen LogP contribution in [-0.2, 0) is 27.5 Å². The highest BCUT2D eigenvalue weighted by molar-refractivity contribution is 5.75. The van der Waals surface area contributed by atoms with Crippen molar-refractivity contribution in [1.29, 1.82) is 0 Å². The number of ether oxygens (including phenoxy) is 4. The second-order valence-electron chi connectivity index (χ2n) is 7.58. The van der Waals surface area contributed by atoms with Gasteiger partial charge in [-0.3, -0.25) is 4.79 Å². The number of carbonyl (C=O) groups is 2. The number of amides is 1. The van der Waals surface area contributed by atoms with E-state index in [1.165, 1.54) is 0 Å². The largest absolute Gasteiger partial charge is 0.493 e. The summed E-state index contributed by atoms with van der Waals surface area (Å²) in [5.74, 6) is 0.584. The Bertz CT molecular complexity index is 898. The quantitative estimate of drug-likeness (QED) is 0.620. The van der Waals surface area contributed by atoms with Gasteiger partial charge in [0, 0.05) is 13.1 Å². The Morgan fingerprint density at radius 1 is 1.00 bits per heavy atom. The third kappa shape index (κ3) is 5.90. The molecule has 1 atom stereocenters. The van der Waals surface area contributed by atoms with Gasteiger partial charge in [-0.1, -0.05) is 30.3 Å². The van der Waals surface area contributed by atoms with Crippen LogP contribution in [0.2, 0.25) is 0 Å². The number of aryl methyl sites for hydroxylation is 1. The van der Waals surface area contributed by atoms with Crippen LogP contribution in [0.3, 0.4) is 0 Å². The molecular weight excluding hydrogens is 398 g/mol. The molecule has 1 amide bonds. The molecule has 1 unspecified atom stereocenters. The fourth-order valence-corrected chi connectivity index (χ4v) is 3.73. The van der Waals surface area contributed by atoms with Crippen LogP contribution in [0.15, 0.2) is 42.5 Å². The summed E-state index contributed by atoms with van der Waals surface area (Å²) in [6.45, 7) is 3.13. The van der Waals surface area contributed by atoms with Crippen LogP contribution in [0.25, 0.3) is 0 Å². The van der Waals surface area contributed by atoms with E-state index in [0.717, 1.165) is 23.1 Å². The van der Waals surface area contributed by atoms with Crippen molar-refractivity contribution < 1.29 is 28.5 Å². The first-order valence-corrected chi connectivity index (χ1v) is 10.4. The Hall–Kier alpha value is -3.22. The van der Waals surface area contributed by atoms with Crippen LogP contribution in [0.1, 0.15) is 29.5 Å². The molecule has 1 fully saturated rings. The fraction of sp³-hybridized carbons (Fsp3) is 0.417. The molecular formula is C24H29NO6. The average molecular weight is 427 g/mol. The van der Waals surface area contributed by atoms with E-state index in [9.17, 15) is 9.59 Å². The molecule has 166 valence electrons. The molecule has 0 bridgehead atoms. The number of benzene rings is 2. The minimum absolute atomic E-state index is 0.134. The van der Waals surface area contributed by atoms with Crippen LogP contribution in [-0.4, -0.2) is 44.3 Å². The maximum absolute atomic E-state index is 12.6. The van der Waals surface area contributed by atoms with Crippen LogP contribution < -0.4 is 9.47 Å². The lowest BCUT2D eigenvalue weighted by molar-refractivity contribution is -0.151. The zero-order valence-corrected chi connectivity index (χ0v) is 18.3. The number of hydrogen-bond acceptors (Lipinski definition) is 6. The SMILES string of the molecule is COc1cc(COC(=O)C2CCCN(C(=O)OCc3ccccc3)C2)cc(C)c1OC. The maximum atomic E-state index is 12.6. The van der Waals surface area contributed by atoms with E-state index in [1.807, 2.05) is 43.3 Å². The molecule has 1 heterocycles. The monoisotopic (exact) mass is 427 g/mol. The summed E-state index contributed by atoms with van der Waals surface area (Å²) in [5.41, 5.74) is 2.64. The van der Waals surface area contributed by atoms with Crippen molar-refractivity contribution in [3.8, 4) is 11.5 Å². The van der Waals surface area contributed by atoms with Crippen LogP contribution >= 0.6 is 0 Å². The number of likely N-dealkylation sites (tertiary alicyclic amines) is 1. The molecule has 7 nitrogen and oxygen atoms in total. The van der Waals surface area contributed by atoms with Crippen LogP contribution in [0.4, 0.5) is 4.79 Å². The first-order valence-electron chi connectivity index (χ1n) is 10.4. The molecule has 3 rings (SSSR count). The van der Waals surface area contributed by atoms with Crippen molar-refractivity contribution in [2.24, 2.45) is 5.92 Å². The molecule has 0 N–H and O–H groups in total. The second kappa shape index (κ2) is 10.7. The molecule has 1 saturated heterocycles. The topological polar surface area (TPSA) is 74.3 Å². The Morgan fingerprint density at radius 3 is 2.45 bits per heavy atom. The number of piperidine rings is 1. The van der Waals surface area contributed by atoms with Gasteiger partial charge in [0.25, 0.3) is 0 Å². The molecule has 7 heteroatoms. The van der Waals surface area contributed by atoms with E-state index in [-0.39, 0.29) is 25.1 Å². The van der Waals surface area contributed by atoms with Gasteiger partial charge in [0.1, 0.15) is 13.2 Å². The van der Waals surface area contributed by atoms with Gasteiger partial charge in [-0.05, 0) is 48.6 Å². The Kier molecular flexibility index (Phi) is 7.76. The van der Waals surface area contributed by atoms with E-state index >= 15 is 0 Å². The summed E-state index contributed by atoms with van der Waals surface area (Å²) in [5, 5.41) is 0. The minimum Gasteiger partial charge on any atom is -0.493 e. The molecule has 1 aliphatic heterocycles. The molecule has 31 heavy (non-hydrogen) atoms. The van der Waals surface area contributed by atoms with E-state index < -0.39 is 6.09 Å². The molecule has 0 saturated carbocycles. The summed E-state index contributed by atoms with van der Waals surface area (Å²) in [7, 11) is 3.16. The van der Waals surface area contributed by atoms with Gasteiger partial charge in [-0.25, -0.2) is 4.79 Å². The van der Waals surface area contributed by atoms with Gasteiger partial charge in [0.05, 0.1) is 20.1 Å². The third-order valence-corrected chi connectivity index (χ3v) is 5.32. The fourth-order valence-electron chi connectivity index (χ4n) is 3.73. The lowest BCUT2D eigenvalue weighted by Gasteiger charge is -2.30. The number of methoxy groups -OCH3 is 2. The molecule has 0 spiro atoms. The van der Waals surface area contributed by atoms with E-state index in [2.05, 4.69) is 0 Å². The Morgan fingerprint density at radius 2 is 1.74 bits per heavy atom. The van der Waals surface area contributed by atoms with E-state index in [1.54, 1.807) is 25.2 Å². The first-order chi connectivity index (χ1) is 15.0. The highest BCUT2D eigenvalue weighted by atomic mass is 16.6. The number of esters is 1. The average Bonchev–Trinajstić information content (AvgIpc) is 2.81. The smallest absolute Gasteiger partial charge is 0.410 e. The van der Waals surface area contributed by atoms with Gasteiger partial charge in [-0.2, -0.15) is 0 Å². The first kappa shape index (κ1) is 22.5. The van der Waals surface area contributed by atoms with Crippen molar-refractivity contribution in [2.75, 3.05) is 27.3 Å². The van der Waals surface area contributed by atoms with E-state index in [4.69, 9.17) is 18.9 Å². The summed E-state index contributed by atoms with van der Waals surface area (Å²) in [6.07, 6.45) is 1.01.